The van der Waals surface area contributed by atoms with Crippen molar-refractivity contribution in [1.29, 1.82) is 0 Å². The van der Waals surface area contributed by atoms with Crippen LogP contribution in [0.1, 0.15) is 16.7 Å². The molecule has 45 heavy (non-hydrogen) atoms. The van der Waals surface area contributed by atoms with Crippen molar-refractivity contribution in [1.82, 2.24) is 20.2 Å². The largest absolute Gasteiger partial charge is 0.573 e. The number of amidine groups is 1. The van der Waals surface area contributed by atoms with Crippen LogP contribution < -0.4 is 15.1 Å². The molecule has 17 heteroatoms. The fourth-order valence-electron chi connectivity index (χ4n) is 4.11. The second kappa shape index (κ2) is 12.6. The smallest absolute Gasteiger partial charge is 0.406 e. The standard InChI is InChI=1S/C28H20F6N6O4S/c1-16-2-11-21(27(29,30)31)22(12-16)40-23(41)14-45-26(40)36-25(42)38-43-13-17-3-5-18(6-4-17)24-35-15-39(37-24)19-7-9-20(10-8-19)44-28(32,33)34/h2-12,15H,13-14H2,1H3,(H,38,42). The van der Waals surface area contributed by atoms with Gasteiger partial charge in [0.2, 0.25) is 5.91 Å². The molecule has 10 nitrogen and oxygen atoms in total. The molecule has 1 aromatic heterocycles. The summed E-state index contributed by atoms with van der Waals surface area (Å²) in [5, 5.41) is 4.10. The Hall–Kier alpha value is -4.90. The minimum Gasteiger partial charge on any atom is -0.406 e. The summed E-state index contributed by atoms with van der Waals surface area (Å²) >= 11 is 0.822. The number of aromatic nitrogens is 3. The number of aliphatic imine (C=N–C) groups is 1. The van der Waals surface area contributed by atoms with Crippen LogP contribution in [0.25, 0.3) is 17.1 Å². The molecule has 0 atom stereocenters. The third kappa shape index (κ3) is 7.79. The lowest BCUT2D eigenvalue weighted by Gasteiger charge is -2.21. The molecular formula is C28H20F6N6O4S. The van der Waals surface area contributed by atoms with E-state index in [-0.39, 0.29) is 23.3 Å². The van der Waals surface area contributed by atoms with Crippen molar-refractivity contribution >= 4 is 34.6 Å². The van der Waals surface area contributed by atoms with E-state index in [1.807, 2.05) is 0 Å². The molecule has 234 valence electrons. The lowest BCUT2D eigenvalue weighted by molar-refractivity contribution is -0.274. The average molecular weight is 651 g/mol. The second-order valence-electron chi connectivity index (χ2n) is 9.38. The van der Waals surface area contributed by atoms with Gasteiger partial charge in [-0.25, -0.2) is 19.9 Å². The molecule has 5 rings (SSSR count). The maximum absolute atomic E-state index is 13.6. The predicted molar refractivity (Wildman–Crippen MR) is 150 cm³/mol. The number of amides is 3. The van der Waals surface area contributed by atoms with Crippen molar-refractivity contribution in [2.45, 2.75) is 26.1 Å². The SMILES string of the molecule is Cc1ccc(C(F)(F)F)c(N2C(=O)CSC2=NC(=O)NOCc2ccc(-c3ncn(-c4ccc(OC(F)(F)F)cc4)n3)cc2)c1. The zero-order chi connectivity index (χ0) is 32.4. The third-order valence-corrected chi connectivity index (χ3v) is 7.02. The van der Waals surface area contributed by atoms with Gasteiger partial charge in [-0.15, -0.1) is 18.3 Å². The molecule has 0 unspecified atom stereocenters. The van der Waals surface area contributed by atoms with Gasteiger partial charge < -0.3 is 4.74 Å². The van der Waals surface area contributed by atoms with Gasteiger partial charge in [0.25, 0.3) is 0 Å². The molecule has 1 aliphatic heterocycles. The van der Waals surface area contributed by atoms with Gasteiger partial charge in [0, 0.05) is 5.56 Å². The van der Waals surface area contributed by atoms with Gasteiger partial charge in [-0.2, -0.15) is 18.2 Å². The first-order valence-electron chi connectivity index (χ1n) is 12.8. The van der Waals surface area contributed by atoms with Crippen LogP contribution >= 0.6 is 11.8 Å². The number of thioether (sulfide) groups is 1. The van der Waals surface area contributed by atoms with Gasteiger partial charge in [0.15, 0.2) is 11.0 Å². The summed E-state index contributed by atoms with van der Waals surface area (Å²) in [4.78, 5) is 38.8. The fourth-order valence-corrected chi connectivity index (χ4v) is 4.97. The fraction of sp³-hybridized carbons (Fsp3) is 0.179. The quantitative estimate of drug-likeness (QED) is 0.181. The Labute approximate surface area is 254 Å². The highest BCUT2D eigenvalue weighted by atomic mass is 32.2. The Morgan fingerprint density at radius 1 is 1.02 bits per heavy atom. The number of rotatable bonds is 7. The lowest BCUT2D eigenvalue weighted by Crippen LogP contribution is -2.33. The zero-order valence-corrected chi connectivity index (χ0v) is 23.7. The molecule has 0 radical (unpaired) electrons. The summed E-state index contributed by atoms with van der Waals surface area (Å²) in [5.74, 6) is -0.890. The van der Waals surface area contributed by atoms with Crippen molar-refractivity contribution in [3.63, 3.8) is 0 Å². The number of ether oxygens (including phenoxy) is 1. The van der Waals surface area contributed by atoms with E-state index in [9.17, 15) is 35.9 Å². The molecule has 1 fully saturated rings. The molecule has 4 aromatic rings. The van der Waals surface area contributed by atoms with E-state index in [1.165, 1.54) is 35.3 Å². The molecular weight excluding hydrogens is 630 g/mol. The lowest BCUT2D eigenvalue weighted by atomic mass is 10.1. The number of hydroxylamine groups is 1. The number of urea groups is 1. The van der Waals surface area contributed by atoms with Crippen molar-refractivity contribution in [3.05, 3.63) is 89.7 Å². The van der Waals surface area contributed by atoms with E-state index in [0.717, 1.165) is 34.9 Å². The summed E-state index contributed by atoms with van der Waals surface area (Å²) in [7, 11) is 0. The monoisotopic (exact) mass is 650 g/mol. The number of nitrogens with zero attached hydrogens (tertiary/aromatic N) is 5. The summed E-state index contributed by atoms with van der Waals surface area (Å²) in [6.45, 7) is 1.48. The number of halogens is 6. The maximum Gasteiger partial charge on any atom is 0.573 e. The van der Waals surface area contributed by atoms with E-state index in [0.29, 0.717) is 28.2 Å². The van der Waals surface area contributed by atoms with Gasteiger partial charge in [-0.1, -0.05) is 42.1 Å². The van der Waals surface area contributed by atoms with Crippen molar-refractivity contribution in [2.24, 2.45) is 4.99 Å². The number of carbonyl (C=O) groups excluding carboxylic acids is 2. The Morgan fingerprint density at radius 2 is 1.73 bits per heavy atom. The van der Waals surface area contributed by atoms with Crippen molar-refractivity contribution in [3.8, 4) is 22.8 Å². The number of hydrogen-bond donors (Lipinski definition) is 1. The highest BCUT2D eigenvalue weighted by Gasteiger charge is 2.40. The highest BCUT2D eigenvalue weighted by molar-refractivity contribution is 8.15. The molecule has 3 aromatic carbocycles. The first-order valence-corrected chi connectivity index (χ1v) is 13.8. The average Bonchev–Trinajstić information content (AvgIpc) is 3.59. The van der Waals surface area contributed by atoms with E-state index in [1.54, 1.807) is 31.2 Å². The molecule has 1 saturated heterocycles. The minimum atomic E-state index is -4.80. The summed E-state index contributed by atoms with van der Waals surface area (Å²) in [5.41, 5.74) is 2.80. The number of nitrogens with one attached hydrogen (secondary N) is 1. The van der Waals surface area contributed by atoms with E-state index in [4.69, 9.17) is 4.84 Å². The zero-order valence-electron chi connectivity index (χ0n) is 22.9. The van der Waals surface area contributed by atoms with Crippen molar-refractivity contribution < 1.29 is 45.5 Å². The highest BCUT2D eigenvalue weighted by Crippen LogP contribution is 2.39. The normalized spacial score (nSPS) is 14.7. The minimum absolute atomic E-state index is 0.100. The molecule has 1 N–H and O–H groups in total. The van der Waals surface area contributed by atoms with Crippen LogP contribution in [0.3, 0.4) is 0 Å². The summed E-state index contributed by atoms with van der Waals surface area (Å²) in [6.07, 6.45) is -8.14. The first-order chi connectivity index (χ1) is 21.3. The summed E-state index contributed by atoms with van der Waals surface area (Å²) < 4.78 is 83.1. The van der Waals surface area contributed by atoms with Gasteiger partial charge in [-0.3, -0.25) is 14.5 Å². The molecule has 0 bridgehead atoms. The number of carbonyl (C=O) groups is 2. The molecule has 0 aliphatic carbocycles. The van der Waals surface area contributed by atoms with Crippen LogP contribution in [-0.4, -0.2) is 44.0 Å². The number of anilines is 1. The van der Waals surface area contributed by atoms with Crippen molar-refractivity contribution in [2.75, 3.05) is 10.7 Å². The number of alkyl halides is 6. The van der Waals surface area contributed by atoms with Crippen LogP contribution in [0.2, 0.25) is 0 Å². The van der Waals surface area contributed by atoms with E-state index < -0.39 is 35.7 Å². The Balaban J connectivity index is 1.18. The predicted octanol–water partition coefficient (Wildman–Crippen LogP) is 6.44. The van der Waals surface area contributed by atoms with E-state index >= 15 is 0 Å². The topological polar surface area (TPSA) is 111 Å². The third-order valence-electron chi connectivity index (χ3n) is 6.10. The molecule has 2 heterocycles. The van der Waals surface area contributed by atoms with Gasteiger partial charge in [0.1, 0.15) is 12.1 Å². The summed E-state index contributed by atoms with van der Waals surface area (Å²) in [6, 6.07) is 14.1. The second-order valence-corrected chi connectivity index (χ2v) is 10.3. The Morgan fingerprint density at radius 3 is 2.40 bits per heavy atom. The van der Waals surface area contributed by atoms with Crippen LogP contribution in [-0.2, 0) is 22.4 Å². The molecule has 0 saturated carbocycles. The van der Waals surface area contributed by atoms with Crippen LogP contribution in [0.4, 0.5) is 36.8 Å². The van der Waals surface area contributed by atoms with Crippen LogP contribution in [0.5, 0.6) is 5.75 Å². The van der Waals surface area contributed by atoms with Gasteiger partial charge in [-0.05, 0) is 54.4 Å². The Bertz CT molecular complexity index is 1740. The maximum atomic E-state index is 13.6. The number of benzene rings is 3. The first kappa shape index (κ1) is 31.5. The van der Waals surface area contributed by atoms with E-state index in [2.05, 4.69) is 25.3 Å². The van der Waals surface area contributed by atoms with Crippen LogP contribution in [0.15, 0.2) is 78.0 Å². The number of aryl methyl sites for hydroxylation is 1. The van der Waals surface area contributed by atoms with Crippen LogP contribution in [0, 0.1) is 6.92 Å². The number of hydrogen-bond acceptors (Lipinski definition) is 7. The molecule has 3 amide bonds. The van der Waals surface area contributed by atoms with Gasteiger partial charge >= 0.3 is 18.6 Å². The van der Waals surface area contributed by atoms with Gasteiger partial charge in [0.05, 0.1) is 29.3 Å². The Kier molecular flexibility index (Phi) is 8.83. The molecule has 1 aliphatic rings. The molecule has 0 spiro atoms.